The summed E-state index contributed by atoms with van der Waals surface area (Å²) in [6.45, 7) is 3.41. The lowest BCUT2D eigenvalue weighted by atomic mass is 10.1. The molecular weight excluding hydrogens is 307 g/mol. The van der Waals surface area contributed by atoms with Gasteiger partial charge in [-0.15, -0.1) is 0 Å². The lowest BCUT2D eigenvalue weighted by Crippen LogP contribution is -2.28. The standard InChI is InChI=1S/C18H23FN4O/c1-3-4-13-23(2)17(24)16-10-12-21-18(22-16)20-11-9-14-5-7-15(19)8-6-14/h5-8,10,12H,3-4,9,11,13H2,1-2H3,(H,20,21,22). The number of carbonyl (C=O) groups is 1. The molecule has 5 nitrogen and oxygen atoms in total. The van der Waals surface area contributed by atoms with Crippen molar-refractivity contribution in [3.05, 3.63) is 53.6 Å². The van der Waals surface area contributed by atoms with Crippen LogP contribution in [-0.2, 0) is 6.42 Å². The van der Waals surface area contributed by atoms with E-state index in [9.17, 15) is 9.18 Å². The molecule has 2 rings (SSSR count). The van der Waals surface area contributed by atoms with Gasteiger partial charge in [0.15, 0.2) is 0 Å². The molecule has 1 heterocycles. The average Bonchev–Trinajstić information content (AvgIpc) is 2.61. The van der Waals surface area contributed by atoms with Crippen LogP contribution in [0.1, 0.15) is 35.8 Å². The first-order valence-electron chi connectivity index (χ1n) is 8.17. The largest absolute Gasteiger partial charge is 0.354 e. The fourth-order valence-corrected chi connectivity index (χ4v) is 2.23. The minimum absolute atomic E-state index is 0.104. The Labute approximate surface area is 141 Å². The van der Waals surface area contributed by atoms with E-state index in [0.717, 1.165) is 24.8 Å². The summed E-state index contributed by atoms with van der Waals surface area (Å²) in [5, 5.41) is 3.10. The summed E-state index contributed by atoms with van der Waals surface area (Å²) in [5.74, 6) is 0.0766. The van der Waals surface area contributed by atoms with Crippen LogP contribution in [0.25, 0.3) is 0 Å². The Morgan fingerprint density at radius 2 is 2.00 bits per heavy atom. The van der Waals surface area contributed by atoms with Gasteiger partial charge in [-0.3, -0.25) is 4.79 Å². The Morgan fingerprint density at radius 1 is 1.25 bits per heavy atom. The van der Waals surface area contributed by atoms with E-state index in [1.165, 1.54) is 12.1 Å². The van der Waals surface area contributed by atoms with Crippen LogP contribution in [-0.4, -0.2) is 40.9 Å². The monoisotopic (exact) mass is 330 g/mol. The molecule has 1 aromatic heterocycles. The van der Waals surface area contributed by atoms with Crippen molar-refractivity contribution >= 4 is 11.9 Å². The van der Waals surface area contributed by atoms with E-state index < -0.39 is 0 Å². The summed E-state index contributed by atoms with van der Waals surface area (Å²) in [6, 6.07) is 8.01. The molecule has 0 radical (unpaired) electrons. The normalized spacial score (nSPS) is 10.5. The van der Waals surface area contributed by atoms with E-state index in [2.05, 4.69) is 22.2 Å². The van der Waals surface area contributed by atoms with Gasteiger partial charge in [-0.1, -0.05) is 25.5 Å². The summed E-state index contributed by atoms with van der Waals surface area (Å²) in [4.78, 5) is 22.4. The molecule has 6 heteroatoms. The van der Waals surface area contributed by atoms with Gasteiger partial charge in [0.25, 0.3) is 5.91 Å². The molecule has 0 bridgehead atoms. The molecule has 1 amide bonds. The molecule has 0 fully saturated rings. The smallest absolute Gasteiger partial charge is 0.272 e. The predicted molar refractivity (Wildman–Crippen MR) is 92.5 cm³/mol. The number of benzene rings is 1. The Kier molecular flexibility index (Phi) is 6.66. The second-order valence-electron chi connectivity index (χ2n) is 5.65. The lowest BCUT2D eigenvalue weighted by molar-refractivity contribution is 0.0787. The van der Waals surface area contributed by atoms with Crippen LogP contribution in [0.3, 0.4) is 0 Å². The number of amides is 1. The number of halogens is 1. The molecule has 0 aliphatic rings. The molecule has 0 aliphatic heterocycles. The molecule has 0 aliphatic carbocycles. The highest BCUT2D eigenvalue weighted by atomic mass is 19.1. The van der Waals surface area contributed by atoms with E-state index >= 15 is 0 Å². The Balaban J connectivity index is 1.90. The van der Waals surface area contributed by atoms with Crippen molar-refractivity contribution in [3.63, 3.8) is 0 Å². The molecule has 128 valence electrons. The first-order chi connectivity index (χ1) is 11.6. The number of hydrogen-bond donors (Lipinski definition) is 1. The van der Waals surface area contributed by atoms with Gasteiger partial charge in [-0.05, 0) is 36.6 Å². The number of nitrogens with zero attached hydrogens (tertiary/aromatic N) is 3. The highest BCUT2D eigenvalue weighted by Gasteiger charge is 2.13. The third kappa shape index (κ3) is 5.30. The maximum atomic E-state index is 12.9. The second kappa shape index (κ2) is 8.96. The lowest BCUT2D eigenvalue weighted by Gasteiger charge is -2.16. The fourth-order valence-electron chi connectivity index (χ4n) is 2.23. The predicted octanol–water partition coefficient (Wildman–Crippen LogP) is 3.14. The highest BCUT2D eigenvalue weighted by Crippen LogP contribution is 2.07. The van der Waals surface area contributed by atoms with Gasteiger partial charge in [0, 0.05) is 26.3 Å². The van der Waals surface area contributed by atoms with Crippen LogP contribution >= 0.6 is 0 Å². The van der Waals surface area contributed by atoms with Crippen molar-refractivity contribution in [1.82, 2.24) is 14.9 Å². The van der Waals surface area contributed by atoms with Gasteiger partial charge >= 0.3 is 0 Å². The van der Waals surface area contributed by atoms with Crippen LogP contribution in [0.4, 0.5) is 10.3 Å². The quantitative estimate of drug-likeness (QED) is 0.808. The van der Waals surface area contributed by atoms with E-state index in [1.807, 2.05) is 0 Å². The van der Waals surface area contributed by atoms with Crippen molar-refractivity contribution in [1.29, 1.82) is 0 Å². The maximum Gasteiger partial charge on any atom is 0.272 e. The van der Waals surface area contributed by atoms with Crippen molar-refractivity contribution in [2.24, 2.45) is 0 Å². The van der Waals surface area contributed by atoms with E-state index in [1.54, 1.807) is 36.3 Å². The first kappa shape index (κ1) is 17.8. The fraction of sp³-hybridized carbons (Fsp3) is 0.389. The molecule has 0 saturated carbocycles. The number of nitrogens with one attached hydrogen (secondary N) is 1. The topological polar surface area (TPSA) is 58.1 Å². The molecule has 0 unspecified atom stereocenters. The average molecular weight is 330 g/mol. The summed E-state index contributed by atoms with van der Waals surface area (Å²) in [5.41, 5.74) is 1.41. The van der Waals surface area contributed by atoms with Crippen molar-refractivity contribution < 1.29 is 9.18 Å². The van der Waals surface area contributed by atoms with E-state index in [4.69, 9.17) is 0 Å². The van der Waals surface area contributed by atoms with Crippen LogP contribution < -0.4 is 5.32 Å². The zero-order valence-electron chi connectivity index (χ0n) is 14.1. The van der Waals surface area contributed by atoms with Crippen LogP contribution in [0.5, 0.6) is 0 Å². The third-order valence-corrected chi connectivity index (χ3v) is 3.68. The van der Waals surface area contributed by atoms with Gasteiger partial charge in [0.1, 0.15) is 11.5 Å². The van der Waals surface area contributed by atoms with Gasteiger partial charge in [0.2, 0.25) is 5.95 Å². The Bertz CT molecular complexity index is 660. The van der Waals surface area contributed by atoms with Crippen molar-refractivity contribution in [2.75, 3.05) is 25.5 Å². The zero-order chi connectivity index (χ0) is 17.4. The number of aromatic nitrogens is 2. The highest BCUT2D eigenvalue weighted by molar-refractivity contribution is 5.92. The first-order valence-corrected chi connectivity index (χ1v) is 8.17. The van der Waals surface area contributed by atoms with Gasteiger partial charge in [-0.2, -0.15) is 0 Å². The van der Waals surface area contributed by atoms with Gasteiger partial charge < -0.3 is 10.2 Å². The summed E-state index contributed by atoms with van der Waals surface area (Å²) < 4.78 is 12.9. The van der Waals surface area contributed by atoms with Crippen LogP contribution in [0, 0.1) is 5.82 Å². The zero-order valence-corrected chi connectivity index (χ0v) is 14.1. The number of hydrogen-bond acceptors (Lipinski definition) is 4. The molecule has 2 aromatic rings. The number of rotatable bonds is 8. The van der Waals surface area contributed by atoms with E-state index in [0.29, 0.717) is 24.7 Å². The minimum atomic E-state index is -0.242. The third-order valence-electron chi connectivity index (χ3n) is 3.68. The Hall–Kier alpha value is -2.50. The van der Waals surface area contributed by atoms with Gasteiger partial charge in [-0.25, -0.2) is 14.4 Å². The Morgan fingerprint density at radius 3 is 2.71 bits per heavy atom. The molecular formula is C18H23FN4O. The molecule has 0 atom stereocenters. The van der Waals surface area contributed by atoms with E-state index in [-0.39, 0.29) is 11.7 Å². The molecule has 24 heavy (non-hydrogen) atoms. The SMILES string of the molecule is CCCCN(C)C(=O)c1ccnc(NCCc2ccc(F)cc2)n1. The summed E-state index contributed by atoms with van der Waals surface area (Å²) in [6.07, 6.45) is 4.31. The van der Waals surface area contributed by atoms with Crippen LogP contribution in [0.2, 0.25) is 0 Å². The van der Waals surface area contributed by atoms with Crippen molar-refractivity contribution in [3.8, 4) is 0 Å². The summed E-state index contributed by atoms with van der Waals surface area (Å²) in [7, 11) is 1.78. The molecule has 1 aromatic carbocycles. The minimum Gasteiger partial charge on any atom is -0.354 e. The van der Waals surface area contributed by atoms with Crippen LogP contribution in [0.15, 0.2) is 36.5 Å². The number of carbonyl (C=O) groups excluding carboxylic acids is 1. The maximum absolute atomic E-state index is 12.9. The second-order valence-corrected chi connectivity index (χ2v) is 5.65. The number of anilines is 1. The number of unbranched alkanes of at least 4 members (excludes halogenated alkanes) is 1. The summed E-state index contributed by atoms with van der Waals surface area (Å²) >= 11 is 0. The molecule has 0 spiro atoms. The van der Waals surface area contributed by atoms with Gasteiger partial charge in [0.05, 0.1) is 0 Å². The van der Waals surface area contributed by atoms with Crippen molar-refractivity contribution in [2.45, 2.75) is 26.2 Å². The molecule has 1 N–H and O–H groups in total. The molecule has 0 saturated heterocycles.